The third-order valence-electron chi connectivity index (χ3n) is 2.44. The summed E-state index contributed by atoms with van der Waals surface area (Å²) < 4.78 is 5.12. The Morgan fingerprint density at radius 2 is 2.29 bits per heavy atom. The second-order valence-electron chi connectivity index (χ2n) is 4.04. The van der Waals surface area contributed by atoms with E-state index in [1.165, 1.54) is 0 Å². The molecule has 1 amide bonds. The van der Waals surface area contributed by atoms with E-state index in [9.17, 15) is 4.79 Å². The second-order valence-corrected chi connectivity index (χ2v) is 4.04. The average Bonchev–Trinajstić information content (AvgIpc) is 2.17. The van der Waals surface area contributed by atoms with Crippen LogP contribution in [0, 0.1) is 0 Å². The van der Waals surface area contributed by atoms with E-state index in [4.69, 9.17) is 4.74 Å². The third kappa shape index (κ3) is 3.18. The predicted octanol–water partition coefficient (Wildman–Crippen LogP) is 1.22. The lowest BCUT2D eigenvalue weighted by molar-refractivity contribution is 0.0684. The van der Waals surface area contributed by atoms with Crippen LogP contribution >= 0.6 is 0 Å². The molecule has 4 nitrogen and oxygen atoms in total. The Hall–Kier alpha value is -0.770. The molecular formula is C10H20N2O2. The number of likely N-dealkylation sites (N-methyl/N-ethyl adjacent to an activating group) is 1. The minimum absolute atomic E-state index is 0.0403. The van der Waals surface area contributed by atoms with Gasteiger partial charge in [-0.1, -0.05) is 0 Å². The molecule has 1 heterocycles. The minimum Gasteiger partial charge on any atom is -0.447 e. The van der Waals surface area contributed by atoms with Crippen molar-refractivity contribution < 1.29 is 9.53 Å². The molecule has 1 aliphatic rings. The van der Waals surface area contributed by atoms with E-state index in [1.807, 2.05) is 20.9 Å². The van der Waals surface area contributed by atoms with Crippen LogP contribution in [0.15, 0.2) is 0 Å². The highest BCUT2D eigenvalue weighted by Gasteiger charge is 2.23. The molecule has 14 heavy (non-hydrogen) atoms. The van der Waals surface area contributed by atoms with Crippen molar-refractivity contribution in [2.24, 2.45) is 0 Å². The molecule has 1 saturated heterocycles. The molecule has 0 bridgehead atoms. The second kappa shape index (κ2) is 5.20. The minimum atomic E-state index is -0.214. The molecule has 0 saturated carbocycles. The van der Waals surface area contributed by atoms with E-state index in [1.54, 1.807) is 4.90 Å². The number of amides is 1. The summed E-state index contributed by atoms with van der Waals surface area (Å²) in [6.07, 6.45) is 1.94. The van der Waals surface area contributed by atoms with Crippen LogP contribution in [-0.2, 0) is 4.74 Å². The largest absolute Gasteiger partial charge is 0.447 e. The topological polar surface area (TPSA) is 41.6 Å². The normalized spacial score (nSPS) is 22.1. The molecular weight excluding hydrogens is 180 g/mol. The van der Waals surface area contributed by atoms with Gasteiger partial charge in [0.15, 0.2) is 0 Å². The van der Waals surface area contributed by atoms with Gasteiger partial charge in [0.2, 0.25) is 0 Å². The molecule has 1 N–H and O–H groups in total. The van der Waals surface area contributed by atoms with E-state index >= 15 is 0 Å². The monoisotopic (exact) mass is 200 g/mol. The number of carbonyl (C=O) groups is 1. The summed E-state index contributed by atoms with van der Waals surface area (Å²) >= 11 is 0. The number of piperidine rings is 1. The summed E-state index contributed by atoms with van der Waals surface area (Å²) in [6.45, 7) is 5.67. The van der Waals surface area contributed by atoms with Gasteiger partial charge < -0.3 is 15.0 Å². The Morgan fingerprint density at radius 3 is 2.79 bits per heavy atom. The van der Waals surface area contributed by atoms with Gasteiger partial charge in [0, 0.05) is 19.6 Å². The molecule has 1 unspecified atom stereocenters. The molecule has 82 valence electrons. The van der Waals surface area contributed by atoms with Crippen molar-refractivity contribution in [1.29, 1.82) is 0 Å². The van der Waals surface area contributed by atoms with Gasteiger partial charge in [-0.15, -0.1) is 0 Å². The fraction of sp³-hybridized carbons (Fsp3) is 0.900. The number of ether oxygens (including phenoxy) is 1. The molecule has 0 aromatic carbocycles. The van der Waals surface area contributed by atoms with Crippen molar-refractivity contribution in [3.8, 4) is 0 Å². The van der Waals surface area contributed by atoms with Crippen molar-refractivity contribution in [3.63, 3.8) is 0 Å². The van der Waals surface area contributed by atoms with Crippen LogP contribution < -0.4 is 5.32 Å². The van der Waals surface area contributed by atoms with Gasteiger partial charge in [-0.3, -0.25) is 0 Å². The van der Waals surface area contributed by atoms with Gasteiger partial charge in [0.1, 0.15) is 0 Å². The fourth-order valence-electron chi connectivity index (χ4n) is 1.60. The fourth-order valence-corrected chi connectivity index (χ4v) is 1.60. The molecule has 0 radical (unpaired) electrons. The SMILES string of the molecule is CC(C)OC(=O)N(C)C1CCCNC1. The summed E-state index contributed by atoms with van der Waals surface area (Å²) in [5.41, 5.74) is 0. The molecule has 1 atom stereocenters. The van der Waals surface area contributed by atoms with E-state index in [2.05, 4.69) is 5.32 Å². The molecule has 0 aliphatic carbocycles. The number of nitrogens with one attached hydrogen (secondary N) is 1. The Balaban J connectivity index is 2.38. The number of nitrogens with zero attached hydrogens (tertiary/aromatic N) is 1. The van der Waals surface area contributed by atoms with Gasteiger partial charge >= 0.3 is 6.09 Å². The van der Waals surface area contributed by atoms with Crippen molar-refractivity contribution in [2.45, 2.75) is 38.8 Å². The first-order valence-electron chi connectivity index (χ1n) is 5.25. The standard InChI is InChI=1S/C10H20N2O2/c1-8(2)14-10(13)12(3)9-5-4-6-11-7-9/h8-9,11H,4-7H2,1-3H3. The first-order chi connectivity index (χ1) is 6.61. The maximum Gasteiger partial charge on any atom is 0.410 e. The zero-order chi connectivity index (χ0) is 10.6. The molecule has 0 aromatic heterocycles. The summed E-state index contributed by atoms with van der Waals surface area (Å²) in [7, 11) is 1.81. The van der Waals surface area contributed by atoms with Crippen molar-refractivity contribution >= 4 is 6.09 Å². The van der Waals surface area contributed by atoms with Crippen molar-refractivity contribution in [2.75, 3.05) is 20.1 Å². The molecule has 0 spiro atoms. The van der Waals surface area contributed by atoms with Crippen molar-refractivity contribution in [1.82, 2.24) is 10.2 Å². The Morgan fingerprint density at radius 1 is 1.57 bits per heavy atom. The lowest BCUT2D eigenvalue weighted by Crippen LogP contribution is -2.47. The Kier molecular flexibility index (Phi) is 4.20. The summed E-state index contributed by atoms with van der Waals surface area (Å²) in [5, 5.41) is 3.27. The highest BCUT2D eigenvalue weighted by Crippen LogP contribution is 2.10. The maximum atomic E-state index is 11.5. The summed E-state index contributed by atoms with van der Waals surface area (Å²) in [5.74, 6) is 0. The number of hydrogen-bond acceptors (Lipinski definition) is 3. The van der Waals surface area contributed by atoms with Crippen LogP contribution in [0.1, 0.15) is 26.7 Å². The van der Waals surface area contributed by atoms with Gasteiger partial charge in [-0.2, -0.15) is 0 Å². The lowest BCUT2D eigenvalue weighted by atomic mass is 10.1. The molecule has 1 rings (SSSR count). The zero-order valence-corrected chi connectivity index (χ0v) is 9.25. The average molecular weight is 200 g/mol. The van der Waals surface area contributed by atoms with Crippen LogP contribution in [-0.4, -0.2) is 43.3 Å². The van der Waals surface area contributed by atoms with Gasteiger partial charge in [-0.05, 0) is 33.2 Å². The molecule has 1 aliphatic heterocycles. The van der Waals surface area contributed by atoms with Crippen LogP contribution in [0.3, 0.4) is 0 Å². The van der Waals surface area contributed by atoms with E-state index in [0.29, 0.717) is 0 Å². The smallest absolute Gasteiger partial charge is 0.410 e. The van der Waals surface area contributed by atoms with E-state index in [0.717, 1.165) is 25.9 Å². The van der Waals surface area contributed by atoms with Gasteiger partial charge in [-0.25, -0.2) is 4.79 Å². The number of hydrogen-bond donors (Lipinski definition) is 1. The van der Waals surface area contributed by atoms with Crippen molar-refractivity contribution in [3.05, 3.63) is 0 Å². The number of carbonyl (C=O) groups excluding carboxylic acids is 1. The van der Waals surface area contributed by atoms with E-state index in [-0.39, 0.29) is 18.2 Å². The number of rotatable bonds is 2. The maximum absolute atomic E-state index is 11.5. The summed E-state index contributed by atoms with van der Waals surface area (Å²) in [6, 6.07) is 0.287. The molecule has 0 aromatic rings. The van der Waals surface area contributed by atoms with Gasteiger partial charge in [0.05, 0.1) is 6.10 Å². The molecule has 4 heteroatoms. The first kappa shape index (κ1) is 11.3. The first-order valence-corrected chi connectivity index (χ1v) is 5.25. The van der Waals surface area contributed by atoms with Crippen LogP contribution in [0.2, 0.25) is 0 Å². The summed E-state index contributed by atoms with van der Waals surface area (Å²) in [4.78, 5) is 13.2. The van der Waals surface area contributed by atoms with Crippen LogP contribution in [0.5, 0.6) is 0 Å². The highest BCUT2D eigenvalue weighted by molar-refractivity contribution is 5.67. The third-order valence-corrected chi connectivity index (χ3v) is 2.44. The Bertz CT molecular complexity index is 189. The van der Waals surface area contributed by atoms with Gasteiger partial charge in [0.25, 0.3) is 0 Å². The van der Waals surface area contributed by atoms with Crippen LogP contribution in [0.4, 0.5) is 4.79 Å². The quantitative estimate of drug-likeness (QED) is 0.728. The zero-order valence-electron chi connectivity index (χ0n) is 9.25. The Labute approximate surface area is 85.6 Å². The van der Waals surface area contributed by atoms with Crippen LogP contribution in [0.25, 0.3) is 0 Å². The highest BCUT2D eigenvalue weighted by atomic mass is 16.6. The predicted molar refractivity (Wildman–Crippen MR) is 55.3 cm³/mol. The molecule has 1 fully saturated rings. The lowest BCUT2D eigenvalue weighted by Gasteiger charge is -2.31. The van der Waals surface area contributed by atoms with E-state index < -0.39 is 0 Å².